The molecule has 0 unspecified atom stereocenters. The van der Waals surface area contributed by atoms with Crippen LogP contribution in [0.5, 0.6) is 11.5 Å². The van der Waals surface area contributed by atoms with Gasteiger partial charge in [-0.2, -0.15) is 0 Å². The number of carbonyl (C=O) groups is 2. The van der Waals surface area contributed by atoms with Crippen LogP contribution in [0.2, 0.25) is 5.02 Å². The molecule has 2 amide bonds. The number of hydrogen-bond donors (Lipinski definition) is 1. The number of fused-ring (bicyclic) bond motifs is 1. The first-order valence-electron chi connectivity index (χ1n) is 7.91. The molecule has 2 heterocycles. The summed E-state index contributed by atoms with van der Waals surface area (Å²) in [5, 5.41) is 2.71. The third-order valence-corrected chi connectivity index (χ3v) is 6.14. The van der Waals surface area contributed by atoms with E-state index in [0.29, 0.717) is 17.2 Å². The number of carbonyl (C=O) groups excluding carboxylic acids is 2. The Morgan fingerprint density at radius 3 is 2.59 bits per heavy atom. The molecule has 1 fully saturated rings. The van der Waals surface area contributed by atoms with Gasteiger partial charge in [0, 0.05) is 18.2 Å². The summed E-state index contributed by atoms with van der Waals surface area (Å²) in [6, 6.07) is 8.99. The van der Waals surface area contributed by atoms with Crippen molar-refractivity contribution < 1.29 is 27.5 Å². The van der Waals surface area contributed by atoms with Crippen LogP contribution in [0.3, 0.4) is 0 Å². The minimum Gasteiger partial charge on any atom is -0.454 e. The molecule has 140 valence electrons. The normalized spacial score (nSPS) is 17.2. The lowest BCUT2D eigenvalue weighted by atomic mass is 10.1. The number of rotatable bonds is 3. The molecular formula is C17H13ClN2O6S. The summed E-state index contributed by atoms with van der Waals surface area (Å²) in [5.41, 5.74) is 0.742. The molecule has 0 atom stereocenters. The highest BCUT2D eigenvalue weighted by Crippen LogP contribution is 2.35. The maximum Gasteiger partial charge on any atom is 0.257 e. The van der Waals surface area contributed by atoms with E-state index >= 15 is 0 Å². The summed E-state index contributed by atoms with van der Waals surface area (Å²) >= 11 is 6.17. The van der Waals surface area contributed by atoms with Crippen molar-refractivity contribution in [3.05, 3.63) is 47.0 Å². The summed E-state index contributed by atoms with van der Waals surface area (Å²) in [6.07, 6.45) is -0.0771. The van der Waals surface area contributed by atoms with E-state index in [2.05, 4.69) is 5.32 Å². The Labute approximate surface area is 159 Å². The molecule has 8 nitrogen and oxygen atoms in total. The summed E-state index contributed by atoms with van der Waals surface area (Å²) in [5.74, 6) is -0.140. The van der Waals surface area contributed by atoms with Gasteiger partial charge < -0.3 is 14.8 Å². The van der Waals surface area contributed by atoms with Gasteiger partial charge in [-0.3, -0.25) is 9.59 Å². The van der Waals surface area contributed by atoms with E-state index in [1.54, 1.807) is 18.2 Å². The van der Waals surface area contributed by atoms with E-state index in [1.807, 2.05) is 0 Å². The van der Waals surface area contributed by atoms with Crippen LogP contribution < -0.4 is 19.1 Å². The van der Waals surface area contributed by atoms with E-state index in [-0.39, 0.29) is 35.2 Å². The van der Waals surface area contributed by atoms with Crippen molar-refractivity contribution >= 4 is 44.8 Å². The first-order chi connectivity index (χ1) is 12.8. The standard InChI is InChI=1S/C17H13ClN2O6S/c18-13-8-11(20-16(21)5-6-27(20,23)24)2-3-12(13)17(22)19-10-1-4-14-15(7-10)26-9-25-14/h1-4,7-8H,5-6,9H2,(H,19,22). The third kappa shape index (κ3) is 3.19. The minimum atomic E-state index is -3.69. The quantitative estimate of drug-likeness (QED) is 0.836. The lowest BCUT2D eigenvalue weighted by molar-refractivity contribution is -0.116. The zero-order valence-corrected chi connectivity index (χ0v) is 15.3. The van der Waals surface area contributed by atoms with Gasteiger partial charge in [-0.1, -0.05) is 11.6 Å². The second kappa shape index (κ2) is 6.43. The van der Waals surface area contributed by atoms with Crippen LogP contribution in [-0.2, 0) is 14.8 Å². The van der Waals surface area contributed by atoms with Gasteiger partial charge in [-0.25, -0.2) is 12.7 Å². The van der Waals surface area contributed by atoms with Crippen LogP contribution in [-0.4, -0.2) is 32.8 Å². The van der Waals surface area contributed by atoms with Crippen LogP contribution in [0.25, 0.3) is 0 Å². The van der Waals surface area contributed by atoms with E-state index < -0.39 is 21.8 Å². The lowest BCUT2D eigenvalue weighted by Gasteiger charge is -2.16. The summed E-state index contributed by atoms with van der Waals surface area (Å²) in [7, 11) is -3.69. The Bertz CT molecular complexity index is 1070. The molecule has 0 radical (unpaired) electrons. The predicted molar refractivity (Wildman–Crippen MR) is 97.9 cm³/mol. The lowest BCUT2D eigenvalue weighted by Crippen LogP contribution is -2.29. The fourth-order valence-corrected chi connectivity index (χ4v) is 4.57. The highest BCUT2D eigenvalue weighted by Gasteiger charge is 2.36. The summed E-state index contributed by atoms with van der Waals surface area (Å²) in [4.78, 5) is 24.3. The van der Waals surface area contributed by atoms with Crippen LogP contribution in [0.15, 0.2) is 36.4 Å². The molecular weight excluding hydrogens is 396 g/mol. The molecule has 0 saturated carbocycles. The van der Waals surface area contributed by atoms with Gasteiger partial charge in [0.15, 0.2) is 11.5 Å². The Balaban J connectivity index is 1.57. The number of sulfonamides is 1. The van der Waals surface area contributed by atoms with Crippen molar-refractivity contribution in [1.82, 2.24) is 0 Å². The molecule has 27 heavy (non-hydrogen) atoms. The van der Waals surface area contributed by atoms with Gasteiger partial charge in [0.1, 0.15) is 0 Å². The molecule has 2 aliphatic heterocycles. The molecule has 0 aliphatic carbocycles. The molecule has 2 aliphatic rings. The molecule has 4 rings (SSSR count). The van der Waals surface area contributed by atoms with Crippen molar-refractivity contribution in [2.75, 3.05) is 22.2 Å². The van der Waals surface area contributed by atoms with Gasteiger partial charge in [0.05, 0.1) is 22.0 Å². The van der Waals surface area contributed by atoms with Crippen LogP contribution >= 0.6 is 11.6 Å². The number of benzene rings is 2. The SMILES string of the molecule is O=C(Nc1ccc2c(c1)OCO2)c1ccc(N2C(=O)CCS2(=O)=O)cc1Cl. The van der Waals surface area contributed by atoms with Gasteiger partial charge in [-0.15, -0.1) is 0 Å². The smallest absolute Gasteiger partial charge is 0.257 e. The third-order valence-electron chi connectivity index (χ3n) is 4.14. The number of amides is 2. The van der Waals surface area contributed by atoms with Crippen molar-refractivity contribution in [1.29, 1.82) is 0 Å². The highest BCUT2D eigenvalue weighted by molar-refractivity contribution is 7.94. The molecule has 2 aromatic rings. The fraction of sp³-hybridized carbons (Fsp3) is 0.176. The van der Waals surface area contributed by atoms with Gasteiger partial charge >= 0.3 is 0 Å². The number of nitrogens with one attached hydrogen (secondary N) is 1. The summed E-state index contributed by atoms with van der Waals surface area (Å²) < 4.78 is 35.2. The number of ether oxygens (including phenoxy) is 2. The Kier molecular flexibility index (Phi) is 4.20. The number of nitrogens with zero attached hydrogens (tertiary/aromatic N) is 1. The number of anilines is 2. The maximum absolute atomic E-state index is 12.5. The van der Waals surface area contributed by atoms with Crippen LogP contribution in [0, 0.1) is 0 Å². The second-order valence-electron chi connectivity index (χ2n) is 5.91. The highest BCUT2D eigenvalue weighted by atomic mass is 35.5. The van der Waals surface area contributed by atoms with Crippen molar-refractivity contribution in [2.24, 2.45) is 0 Å². The number of halogens is 1. The zero-order chi connectivity index (χ0) is 19.2. The second-order valence-corrected chi connectivity index (χ2v) is 8.25. The van der Waals surface area contributed by atoms with E-state index in [1.165, 1.54) is 18.2 Å². The molecule has 0 spiro atoms. The maximum atomic E-state index is 12.5. The monoisotopic (exact) mass is 408 g/mol. The van der Waals surface area contributed by atoms with Gasteiger partial charge in [-0.05, 0) is 30.3 Å². The van der Waals surface area contributed by atoms with E-state index in [9.17, 15) is 18.0 Å². The topological polar surface area (TPSA) is 102 Å². The molecule has 1 N–H and O–H groups in total. The van der Waals surface area contributed by atoms with Gasteiger partial charge in [0.2, 0.25) is 22.7 Å². The Hall–Kier alpha value is -2.78. The number of hydrogen-bond acceptors (Lipinski definition) is 6. The average Bonchev–Trinajstić information content (AvgIpc) is 3.18. The average molecular weight is 409 g/mol. The van der Waals surface area contributed by atoms with Crippen molar-refractivity contribution in [3.63, 3.8) is 0 Å². The summed E-state index contributed by atoms with van der Waals surface area (Å²) in [6.45, 7) is 0.123. The largest absolute Gasteiger partial charge is 0.454 e. The Morgan fingerprint density at radius 1 is 1.11 bits per heavy atom. The van der Waals surface area contributed by atoms with Crippen LogP contribution in [0.4, 0.5) is 11.4 Å². The molecule has 10 heteroatoms. The van der Waals surface area contributed by atoms with E-state index in [4.69, 9.17) is 21.1 Å². The molecule has 0 aromatic heterocycles. The van der Waals surface area contributed by atoms with Gasteiger partial charge in [0.25, 0.3) is 5.91 Å². The fourth-order valence-electron chi connectivity index (χ4n) is 2.86. The first kappa shape index (κ1) is 17.6. The molecule has 2 aromatic carbocycles. The minimum absolute atomic E-state index is 0.0284. The Morgan fingerprint density at radius 2 is 1.89 bits per heavy atom. The van der Waals surface area contributed by atoms with Crippen LogP contribution in [0.1, 0.15) is 16.8 Å². The first-order valence-corrected chi connectivity index (χ1v) is 9.90. The van der Waals surface area contributed by atoms with E-state index in [0.717, 1.165) is 4.31 Å². The molecule has 0 bridgehead atoms. The predicted octanol–water partition coefficient (Wildman–Crippen LogP) is 2.39. The zero-order valence-electron chi connectivity index (χ0n) is 13.8. The van der Waals surface area contributed by atoms with Crippen molar-refractivity contribution in [2.45, 2.75) is 6.42 Å². The molecule has 1 saturated heterocycles. The van der Waals surface area contributed by atoms with Crippen molar-refractivity contribution in [3.8, 4) is 11.5 Å².